The fourth-order valence-corrected chi connectivity index (χ4v) is 2.88. The molecule has 0 bridgehead atoms. The van der Waals surface area contributed by atoms with Gasteiger partial charge in [-0.05, 0) is 58.2 Å². The van der Waals surface area contributed by atoms with Gasteiger partial charge in [-0.1, -0.05) is 6.92 Å². The molecule has 0 aromatic carbocycles. The van der Waals surface area contributed by atoms with Gasteiger partial charge in [0.25, 0.3) is 5.91 Å². The van der Waals surface area contributed by atoms with Crippen molar-refractivity contribution < 1.29 is 4.79 Å². The second-order valence-corrected chi connectivity index (χ2v) is 5.76. The Morgan fingerprint density at radius 2 is 2.24 bits per heavy atom. The summed E-state index contributed by atoms with van der Waals surface area (Å²) in [6, 6.07) is 1.87. The number of aryl methyl sites for hydroxylation is 2. The molecule has 0 aliphatic carbocycles. The molecule has 0 saturated carbocycles. The highest BCUT2D eigenvalue weighted by molar-refractivity contribution is 5.95. The molecule has 1 atom stereocenters. The summed E-state index contributed by atoms with van der Waals surface area (Å²) in [6.45, 7) is 9.61. The predicted molar refractivity (Wildman–Crippen MR) is 83.3 cm³/mol. The minimum atomic E-state index is 0.0953. The van der Waals surface area contributed by atoms with Crippen molar-refractivity contribution >= 4 is 5.91 Å². The van der Waals surface area contributed by atoms with Crippen molar-refractivity contribution in [3.8, 4) is 0 Å². The van der Waals surface area contributed by atoms with E-state index in [2.05, 4.69) is 15.5 Å². The third-order valence-corrected chi connectivity index (χ3v) is 4.10. The van der Waals surface area contributed by atoms with E-state index >= 15 is 0 Å². The van der Waals surface area contributed by atoms with E-state index in [9.17, 15) is 4.79 Å². The van der Waals surface area contributed by atoms with Gasteiger partial charge in [0.05, 0.1) is 17.0 Å². The molecule has 5 heteroatoms. The Morgan fingerprint density at radius 1 is 1.43 bits per heavy atom. The van der Waals surface area contributed by atoms with E-state index in [0.29, 0.717) is 5.92 Å². The third-order valence-electron chi connectivity index (χ3n) is 4.10. The minimum Gasteiger partial charge on any atom is -0.339 e. The van der Waals surface area contributed by atoms with Gasteiger partial charge in [0.15, 0.2) is 0 Å². The summed E-state index contributed by atoms with van der Waals surface area (Å²) in [5.41, 5.74) is 2.31. The Morgan fingerprint density at radius 3 is 2.86 bits per heavy atom. The summed E-state index contributed by atoms with van der Waals surface area (Å²) in [4.78, 5) is 14.8. The lowest BCUT2D eigenvalue weighted by atomic mass is 9.98. The zero-order valence-electron chi connectivity index (χ0n) is 13.4. The number of carbonyl (C=O) groups excluding carboxylic acids is 1. The maximum atomic E-state index is 12.8. The second kappa shape index (κ2) is 7.50. The molecular weight excluding hydrogens is 264 g/mol. The Hall–Kier alpha value is -1.49. The van der Waals surface area contributed by atoms with Gasteiger partial charge in [0.2, 0.25) is 0 Å². The van der Waals surface area contributed by atoms with Crippen LogP contribution in [0.1, 0.15) is 48.4 Å². The lowest BCUT2D eigenvalue weighted by Crippen LogP contribution is -2.41. The molecule has 1 aromatic heterocycles. The van der Waals surface area contributed by atoms with E-state index in [1.54, 1.807) is 0 Å². The van der Waals surface area contributed by atoms with E-state index in [4.69, 9.17) is 0 Å². The molecule has 1 saturated heterocycles. The normalized spacial score (nSPS) is 18.5. The second-order valence-electron chi connectivity index (χ2n) is 5.76. The quantitative estimate of drug-likeness (QED) is 0.898. The van der Waals surface area contributed by atoms with Gasteiger partial charge in [0, 0.05) is 13.1 Å². The minimum absolute atomic E-state index is 0.0953. The van der Waals surface area contributed by atoms with Crippen molar-refractivity contribution in [1.82, 2.24) is 20.4 Å². The highest BCUT2D eigenvalue weighted by atomic mass is 16.2. The van der Waals surface area contributed by atoms with Crippen LogP contribution in [0.2, 0.25) is 0 Å². The van der Waals surface area contributed by atoms with Crippen molar-refractivity contribution in [1.29, 1.82) is 0 Å². The van der Waals surface area contributed by atoms with Crippen LogP contribution >= 0.6 is 0 Å². The Balaban J connectivity index is 2.13. The molecule has 0 radical (unpaired) electrons. The zero-order chi connectivity index (χ0) is 15.2. The first-order valence-electron chi connectivity index (χ1n) is 7.98. The van der Waals surface area contributed by atoms with Crippen LogP contribution in [0.3, 0.4) is 0 Å². The van der Waals surface area contributed by atoms with Crippen LogP contribution in [0.25, 0.3) is 0 Å². The van der Waals surface area contributed by atoms with Crippen LogP contribution < -0.4 is 5.32 Å². The third kappa shape index (κ3) is 4.00. The fraction of sp³-hybridized carbons (Fsp3) is 0.688. The van der Waals surface area contributed by atoms with E-state index < -0.39 is 0 Å². The van der Waals surface area contributed by atoms with Gasteiger partial charge in [-0.3, -0.25) is 4.79 Å². The summed E-state index contributed by atoms with van der Waals surface area (Å²) < 4.78 is 0. The number of hydrogen-bond acceptors (Lipinski definition) is 4. The molecular formula is C16H26N4O. The molecule has 2 heterocycles. The number of nitrogens with zero attached hydrogens (tertiary/aromatic N) is 3. The molecule has 1 amide bonds. The standard InChI is InChI=1S/C16H26N4O/c1-4-15-14(9-12(3)18-19-15)16(21)20(5-2)11-13-7-6-8-17-10-13/h9,13,17H,4-8,10-11H2,1-3H3. The van der Waals surface area contributed by atoms with Crippen molar-refractivity contribution in [3.63, 3.8) is 0 Å². The fourth-order valence-electron chi connectivity index (χ4n) is 2.88. The summed E-state index contributed by atoms with van der Waals surface area (Å²) in [5, 5.41) is 11.6. The largest absolute Gasteiger partial charge is 0.339 e. The maximum absolute atomic E-state index is 12.8. The highest BCUT2D eigenvalue weighted by Crippen LogP contribution is 2.16. The van der Waals surface area contributed by atoms with E-state index in [-0.39, 0.29) is 5.91 Å². The summed E-state index contributed by atoms with van der Waals surface area (Å²) in [6.07, 6.45) is 3.13. The molecule has 5 nitrogen and oxygen atoms in total. The Labute approximate surface area is 127 Å². The molecule has 21 heavy (non-hydrogen) atoms. The van der Waals surface area contributed by atoms with Gasteiger partial charge in [0.1, 0.15) is 0 Å². The lowest BCUT2D eigenvalue weighted by Gasteiger charge is -2.29. The van der Waals surface area contributed by atoms with E-state index in [0.717, 1.165) is 49.6 Å². The number of piperidine rings is 1. The van der Waals surface area contributed by atoms with Gasteiger partial charge >= 0.3 is 0 Å². The van der Waals surface area contributed by atoms with E-state index in [1.807, 2.05) is 31.7 Å². The summed E-state index contributed by atoms with van der Waals surface area (Å²) in [7, 11) is 0. The molecule has 1 N–H and O–H groups in total. The molecule has 1 aliphatic rings. The van der Waals surface area contributed by atoms with Crippen LogP contribution in [-0.2, 0) is 6.42 Å². The van der Waals surface area contributed by atoms with Crippen molar-refractivity contribution in [2.75, 3.05) is 26.2 Å². The summed E-state index contributed by atoms with van der Waals surface area (Å²) in [5.74, 6) is 0.654. The molecule has 1 unspecified atom stereocenters. The topological polar surface area (TPSA) is 58.1 Å². The van der Waals surface area contributed by atoms with Crippen LogP contribution in [0.4, 0.5) is 0 Å². The van der Waals surface area contributed by atoms with Gasteiger partial charge in [-0.25, -0.2) is 0 Å². The number of rotatable bonds is 5. The average molecular weight is 290 g/mol. The number of carbonyl (C=O) groups is 1. The molecule has 2 rings (SSSR count). The van der Waals surface area contributed by atoms with Crippen LogP contribution in [0.15, 0.2) is 6.07 Å². The highest BCUT2D eigenvalue weighted by Gasteiger charge is 2.23. The average Bonchev–Trinajstić information content (AvgIpc) is 2.53. The number of hydrogen-bond donors (Lipinski definition) is 1. The van der Waals surface area contributed by atoms with Crippen LogP contribution in [0, 0.1) is 12.8 Å². The number of nitrogens with one attached hydrogen (secondary N) is 1. The predicted octanol–water partition coefficient (Wildman–Crippen LogP) is 1.81. The van der Waals surface area contributed by atoms with Crippen LogP contribution in [0.5, 0.6) is 0 Å². The first kappa shape index (κ1) is 15.9. The van der Waals surface area contributed by atoms with Gasteiger partial charge < -0.3 is 10.2 Å². The first-order valence-corrected chi connectivity index (χ1v) is 7.98. The van der Waals surface area contributed by atoms with Crippen molar-refractivity contribution in [2.45, 2.75) is 40.0 Å². The Kier molecular flexibility index (Phi) is 5.67. The molecule has 1 aliphatic heterocycles. The van der Waals surface area contributed by atoms with E-state index in [1.165, 1.54) is 12.8 Å². The van der Waals surface area contributed by atoms with Crippen molar-refractivity contribution in [3.05, 3.63) is 23.0 Å². The molecule has 0 spiro atoms. The zero-order valence-corrected chi connectivity index (χ0v) is 13.4. The van der Waals surface area contributed by atoms with Crippen LogP contribution in [-0.4, -0.2) is 47.2 Å². The Bertz CT molecular complexity index is 483. The molecule has 1 fully saturated rings. The number of amides is 1. The maximum Gasteiger partial charge on any atom is 0.255 e. The smallest absolute Gasteiger partial charge is 0.255 e. The van der Waals surface area contributed by atoms with Gasteiger partial charge in [-0.2, -0.15) is 10.2 Å². The monoisotopic (exact) mass is 290 g/mol. The SMILES string of the molecule is CCc1nnc(C)cc1C(=O)N(CC)CC1CCCNC1. The van der Waals surface area contributed by atoms with Crippen molar-refractivity contribution in [2.24, 2.45) is 5.92 Å². The first-order chi connectivity index (χ1) is 10.2. The molecule has 116 valence electrons. The number of aromatic nitrogens is 2. The summed E-state index contributed by atoms with van der Waals surface area (Å²) >= 11 is 0. The lowest BCUT2D eigenvalue weighted by molar-refractivity contribution is 0.0727. The molecule has 1 aromatic rings. The van der Waals surface area contributed by atoms with Gasteiger partial charge in [-0.15, -0.1) is 0 Å².